The zero-order valence-electron chi connectivity index (χ0n) is 12.0. The molecule has 1 unspecified atom stereocenters. The number of ether oxygens (including phenoxy) is 1. The molecule has 0 radical (unpaired) electrons. The highest BCUT2D eigenvalue weighted by Gasteiger charge is 2.11. The van der Waals surface area contributed by atoms with Gasteiger partial charge in [0.1, 0.15) is 5.75 Å². The smallest absolute Gasteiger partial charge is 0.237 e. The van der Waals surface area contributed by atoms with E-state index in [4.69, 9.17) is 4.74 Å². The number of para-hydroxylation sites is 1. The maximum Gasteiger partial charge on any atom is 0.237 e. The topological polar surface area (TPSA) is 50.4 Å². The molecule has 0 fully saturated rings. The minimum absolute atomic E-state index is 0.0407. The largest absolute Gasteiger partial charge is 0.494 e. The van der Waals surface area contributed by atoms with Crippen molar-refractivity contribution in [2.45, 2.75) is 39.3 Å². The summed E-state index contributed by atoms with van der Waals surface area (Å²) < 4.78 is 5.57. The summed E-state index contributed by atoms with van der Waals surface area (Å²) in [7, 11) is 0. The third-order valence-electron chi connectivity index (χ3n) is 2.61. The van der Waals surface area contributed by atoms with Gasteiger partial charge in [-0.25, -0.2) is 0 Å². The van der Waals surface area contributed by atoms with Gasteiger partial charge in [0.05, 0.1) is 12.6 Å². The van der Waals surface area contributed by atoms with Crippen molar-refractivity contribution in [3.8, 4) is 5.75 Å². The van der Waals surface area contributed by atoms with Gasteiger partial charge >= 0.3 is 0 Å². The second-order valence-corrected chi connectivity index (χ2v) is 4.85. The summed E-state index contributed by atoms with van der Waals surface area (Å²) in [5.74, 6) is 0.923. The van der Waals surface area contributed by atoms with E-state index in [9.17, 15) is 4.79 Å². The number of carbonyl (C=O) groups is 1. The molecular weight excluding hydrogens is 240 g/mol. The Labute approximate surface area is 115 Å². The van der Waals surface area contributed by atoms with Crippen molar-refractivity contribution in [3.63, 3.8) is 0 Å². The Morgan fingerprint density at radius 1 is 1.21 bits per heavy atom. The van der Waals surface area contributed by atoms with Crippen LogP contribution in [0.1, 0.15) is 27.2 Å². The number of carbonyl (C=O) groups excluding carboxylic acids is 1. The van der Waals surface area contributed by atoms with Gasteiger partial charge in [-0.1, -0.05) is 18.2 Å². The highest BCUT2D eigenvalue weighted by molar-refractivity contribution is 5.81. The van der Waals surface area contributed by atoms with E-state index in [-0.39, 0.29) is 18.0 Å². The van der Waals surface area contributed by atoms with Gasteiger partial charge in [0, 0.05) is 6.04 Å². The maximum absolute atomic E-state index is 11.6. The van der Waals surface area contributed by atoms with Gasteiger partial charge in [-0.2, -0.15) is 0 Å². The fourth-order valence-corrected chi connectivity index (χ4v) is 1.60. The molecule has 1 atom stereocenters. The molecule has 1 rings (SSSR count). The summed E-state index contributed by atoms with van der Waals surface area (Å²) in [4.78, 5) is 11.6. The van der Waals surface area contributed by atoms with Crippen molar-refractivity contribution in [1.82, 2.24) is 10.6 Å². The second kappa shape index (κ2) is 8.53. The summed E-state index contributed by atoms with van der Waals surface area (Å²) in [6, 6.07) is 9.75. The highest BCUT2D eigenvalue weighted by atomic mass is 16.5. The first kappa shape index (κ1) is 15.5. The molecule has 0 saturated carbocycles. The molecule has 0 aromatic heterocycles. The Morgan fingerprint density at radius 3 is 2.53 bits per heavy atom. The number of nitrogens with one attached hydrogen (secondary N) is 2. The fourth-order valence-electron chi connectivity index (χ4n) is 1.60. The van der Waals surface area contributed by atoms with Gasteiger partial charge in [-0.15, -0.1) is 0 Å². The standard InChI is InChI=1S/C15H24N2O2/c1-12(2)17-15(18)13(3)16-10-7-11-19-14-8-5-4-6-9-14/h4-6,8-9,12-13,16H,7,10-11H2,1-3H3,(H,17,18). The predicted octanol–water partition coefficient (Wildman–Crippen LogP) is 1.96. The minimum Gasteiger partial charge on any atom is -0.494 e. The third-order valence-corrected chi connectivity index (χ3v) is 2.61. The number of benzene rings is 1. The molecule has 0 heterocycles. The number of hydrogen-bond acceptors (Lipinski definition) is 3. The molecule has 0 spiro atoms. The average molecular weight is 264 g/mol. The van der Waals surface area contributed by atoms with Crippen LogP contribution in [0.4, 0.5) is 0 Å². The first-order chi connectivity index (χ1) is 9.09. The molecule has 0 aliphatic carbocycles. The summed E-state index contributed by atoms with van der Waals surface area (Å²) in [6.07, 6.45) is 0.869. The Bertz CT molecular complexity index is 366. The van der Waals surface area contributed by atoms with Gasteiger partial charge in [-0.3, -0.25) is 4.79 Å². The van der Waals surface area contributed by atoms with Gasteiger partial charge in [0.15, 0.2) is 0 Å². The van der Waals surface area contributed by atoms with Crippen LogP contribution in [0.3, 0.4) is 0 Å². The van der Waals surface area contributed by atoms with E-state index in [1.54, 1.807) is 0 Å². The quantitative estimate of drug-likeness (QED) is 0.706. The van der Waals surface area contributed by atoms with Crippen LogP contribution < -0.4 is 15.4 Å². The lowest BCUT2D eigenvalue weighted by molar-refractivity contribution is -0.123. The second-order valence-electron chi connectivity index (χ2n) is 4.85. The zero-order valence-corrected chi connectivity index (χ0v) is 12.0. The molecule has 1 amide bonds. The van der Waals surface area contributed by atoms with Crippen LogP contribution in [0.25, 0.3) is 0 Å². The Balaban J connectivity index is 2.09. The van der Waals surface area contributed by atoms with E-state index in [0.29, 0.717) is 6.61 Å². The fraction of sp³-hybridized carbons (Fsp3) is 0.533. The lowest BCUT2D eigenvalue weighted by Gasteiger charge is -2.16. The van der Waals surface area contributed by atoms with Crippen molar-refractivity contribution >= 4 is 5.91 Å². The van der Waals surface area contributed by atoms with Gasteiger partial charge in [0.25, 0.3) is 0 Å². The molecule has 0 saturated heterocycles. The highest BCUT2D eigenvalue weighted by Crippen LogP contribution is 2.07. The SMILES string of the molecule is CC(C)NC(=O)C(C)NCCCOc1ccccc1. The van der Waals surface area contributed by atoms with Crippen LogP contribution >= 0.6 is 0 Å². The third kappa shape index (κ3) is 6.82. The number of rotatable bonds is 8. The number of amides is 1. The van der Waals surface area contributed by atoms with Crippen LogP contribution in [0.2, 0.25) is 0 Å². The molecule has 106 valence electrons. The van der Waals surface area contributed by atoms with Crippen molar-refractivity contribution < 1.29 is 9.53 Å². The minimum atomic E-state index is -0.167. The van der Waals surface area contributed by atoms with Crippen LogP contribution in [-0.2, 0) is 4.79 Å². The van der Waals surface area contributed by atoms with Crippen molar-refractivity contribution in [2.75, 3.05) is 13.2 Å². The van der Waals surface area contributed by atoms with Gasteiger partial charge in [0.2, 0.25) is 5.91 Å². The van der Waals surface area contributed by atoms with E-state index in [2.05, 4.69) is 10.6 Å². The summed E-state index contributed by atoms with van der Waals surface area (Å²) in [6.45, 7) is 7.20. The monoisotopic (exact) mass is 264 g/mol. The molecule has 2 N–H and O–H groups in total. The van der Waals surface area contributed by atoms with Crippen LogP contribution in [-0.4, -0.2) is 31.1 Å². The molecule has 0 aliphatic heterocycles. The first-order valence-corrected chi connectivity index (χ1v) is 6.81. The average Bonchev–Trinajstić information content (AvgIpc) is 2.38. The van der Waals surface area contributed by atoms with E-state index >= 15 is 0 Å². The molecule has 1 aromatic rings. The summed E-state index contributed by atoms with van der Waals surface area (Å²) in [5, 5.41) is 6.06. The van der Waals surface area contributed by atoms with Crippen LogP contribution in [0.15, 0.2) is 30.3 Å². The molecule has 0 aliphatic rings. The first-order valence-electron chi connectivity index (χ1n) is 6.81. The predicted molar refractivity (Wildman–Crippen MR) is 77.3 cm³/mol. The van der Waals surface area contributed by atoms with Crippen molar-refractivity contribution in [3.05, 3.63) is 30.3 Å². The lowest BCUT2D eigenvalue weighted by atomic mass is 10.2. The molecule has 19 heavy (non-hydrogen) atoms. The molecule has 4 heteroatoms. The van der Waals surface area contributed by atoms with Crippen molar-refractivity contribution in [1.29, 1.82) is 0 Å². The Hall–Kier alpha value is -1.55. The van der Waals surface area contributed by atoms with Crippen LogP contribution in [0, 0.1) is 0 Å². The molecular formula is C15H24N2O2. The summed E-state index contributed by atoms with van der Waals surface area (Å²) >= 11 is 0. The number of hydrogen-bond donors (Lipinski definition) is 2. The van der Waals surface area contributed by atoms with Gasteiger partial charge < -0.3 is 15.4 Å². The van der Waals surface area contributed by atoms with E-state index in [1.807, 2.05) is 51.1 Å². The van der Waals surface area contributed by atoms with Crippen LogP contribution in [0.5, 0.6) is 5.75 Å². The molecule has 0 bridgehead atoms. The maximum atomic E-state index is 11.6. The normalized spacial score (nSPS) is 12.2. The summed E-state index contributed by atoms with van der Waals surface area (Å²) in [5.41, 5.74) is 0. The van der Waals surface area contributed by atoms with E-state index in [1.165, 1.54) is 0 Å². The van der Waals surface area contributed by atoms with E-state index in [0.717, 1.165) is 18.7 Å². The molecule has 4 nitrogen and oxygen atoms in total. The Morgan fingerprint density at radius 2 is 1.89 bits per heavy atom. The lowest BCUT2D eigenvalue weighted by Crippen LogP contribution is -2.45. The zero-order chi connectivity index (χ0) is 14.1. The Kier molecular flexibility index (Phi) is 6.97. The van der Waals surface area contributed by atoms with Crippen molar-refractivity contribution in [2.24, 2.45) is 0 Å². The molecule has 1 aromatic carbocycles. The van der Waals surface area contributed by atoms with E-state index < -0.39 is 0 Å². The van der Waals surface area contributed by atoms with Gasteiger partial charge in [-0.05, 0) is 45.9 Å².